The Hall–Kier alpha value is -1.79. The maximum absolute atomic E-state index is 12.2. The quantitative estimate of drug-likeness (QED) is 0.741. The molecule has 0 aromatic heterocycles. The lowest BCUT2D eigenvalue weighted by atomic mass is 10.1. The van der Waals surface area contributed by atoms with E-state index in [1.165, 1.54) is 4.90 Å². The summed E-state index contributed by atoms with van der Waals surface area (Å²) < 4.78 is 0.971. The summed E-state index contributed by atoms with van der Waals surface area (Å²) >= 11 is 4.93. The lowest BCUT2D eigenvalue weighted by Crippen LogP contribution is -2.35. The van der Waals surface area contributed by atoms with Crippen molar-refractivity contribution in [1.29, 1.82) is 0 Å². The Morgan fingerprint density at radius 1 is 1.12 bits per heavy atom. The average Bonchev–Trinajstić information content (AvgIpc) is 2.57. The molecule has 0 aliphatic carbocycles. The second-order valence-corrected chi connectivity index (χ2v) is 7.07. The molecular formula is C18H19BrN2O2S. The first-order chi connectivity index (χ1) is 11.5. The number of benzene rings is 2. The highest BCUT2D eigenvalue weighted by Gasteiger charge is 2.14. The molecule has 0 saturated heterocycles. The van der Waals surface area contributed by atoms with Crippen LogP contribution in [0, 0.1) is 0 Å². The summed E-state index contributed by atoms with van der Waals surface area (Å²) in [5, 5.41) is 2.86. The minimum atomic E-state index is -0.205. The average molecular weight is 407 g/mol. The van der Waals surface area contributed by atoms with Gasteiger partial charge in [-0.1, -0.05) is 40.2 Å². The van der Waals surface area contributed by atoms with Crippen LogP contribution in [0.25, 0.3) is 0 Å². The highest BCUT2D eigenvalue weighted by Crippen LogP contribution is 2.24. The molecule has 126 valence electrons. The number of anilines is 1. The molecular weight excluding hydrogens is 388 g/mol. The standard InChI is InChI=1S/C18H19BrN2O2S/c1-21(18(23)11-13-7-9-14(19)10-8-13)12-17(22)20-15-5-3-4-6-16(15)24-2/h3-10H,11-12H2,1-2H3,(H,20,22). The van der Waals surface area contributed by atoms with E-state index >= 15 is 0 Å². The minimum absolute atomic E-state index is 0.0259. The second-order valence-electron chi connectivity index (χ2n) is 5.30. The number of nitrogens with one attached hydrogen (secondary N) is 1. The van der Waals surface area contributed by atoms with Crippen LogP contribution in [0.4, 0.5) is 5.69 Å². The first-order valence-corrected chi connectivity index (χ1v) is 9.42. The predicted molar refractivity (Wildman–Crippen MR) is 102 cm³/mol. The van der Waals surface area contributed by atoms with Crippen LogP contribution >= 0.6 is 27.7 Å². The van der Waals surface area contributed by atoms with Gasteiger partial charge in [0.2, 0.25) is 11.8 Å². The Kier molecular flexibility index (Phi) is 6.87. The van der Waals surface area contributed by atoms with Gasteiger partial charge in [-0.3, -0.25) is 9.59 Å². The smallest absolute Gasteiger partial charge is 0.244 e. The van der Waals surface area contributed by atoms with Crippen molar-refractivity contribution in [2.45, 2.75) is 11.3 Å². The monoisotopic (exact) mass is 406 g/mol. The van der Waals surface area contributed by atoms with Gasteiger partial charge in [-0.25, -0.2) is 0 Å². The Labute approximate surface area is 154 Å². The second kappa shape index (κ2) is 8.89. The van der Waals surface area contributed by atoms with Crippen LogP contribution in [0.1, 0.15) is 5.56 Å². The van der Waals surface area contributed by atoms with Gasteiger partial charge < -0.3 is 10.2 Å². The van der Waals surface area contributed by atoms with Crippen molar-refractivity contribution in [3.63, 3.8) is 0 Å². The number of carbonyl (C=O) groups excluding carboxylic acids is 2. The Morgan fingerprint density at radius 3 is 2.46 bits per heavy atom. The van der Waals surface area contributed by atoms with E-state index in [0.29, 0.717) is 0 Å². The van der Waals surface area contributed by atoms with Crippen molar-refractivity contribution in [2.75, 3.05) is 25.2 Å². The molecule has 0 saturated carbocycles. The number of rotatable bonds is 6. The summed E-state index contributed by atoms with van der Waals surface area (Å²) in [4.78, 5) is 26.8. The van der Waals surface area contributed by atoms with E-state index in [9.17, 15) is 9.59 Å². The molecule has 0 radical (unpaired) electrons. The van der Waals surface area contributed by atoms with Gasteiger partial charge in [0.15, 0.2) is 0 Å². The van der Waals surface area contributed by atoms with Crippen LogP contribution in [0.2, 0.25) is 0 Å². The van der Waals surface area contributed by atoms with Gasteiger partial charge in [0.1, 0.15) is 0 Å². The number of halogens is 1. The third kappa shape index (κ3) is 5.39. The lowest BCUT2D eigenvalue weighted by Gasteiger charge is -2.17. The molecule has 0 unspecified atom stereocenters. The third-order valence-electron chi connectivity index (χ3n) is 3.46. The summed E-state index contributed by atoms with van der Waals surface area (Å²) in [5.74, 6) is -0.297. The molecule has 0 atom stereocenters. The van der Waals surface area contributed by atoms with Crippen LogP contribution < -0.4 is 5.32 Å². The van der Waals surface area contributed by atoms with Crippen molar-refractivity contribution in [3.05, 3.63) is 58.6 Å². The van der Waals surface area contributed by atoms with Crippen LogP contribution in [-0.2, 0) is 16.0 Å². The number of hydrogen-bond acceptors (Lipinski definition) is 3. The number of nitrogens with zero attached hydrogens (tertiary/aromatic N) is 1. The molecule has 0 aliphatic rings. The highest BCUT2D eigenvalue weighted by molar-refractivity contribution is 9.10. The number of amides is 2. The molecule has 2 amide bonds. The molecule has 2 aromatic carbocycles. The van der Waals surface area contributed by atoms with E-state index in [1.807, 2.05) is 54.8 Å². The molecule has 0 aliphatic heterocycles. The van der Waals surface area contributed by atoms with E-state index in [0.717, 1.165) is 20.6 Å². The third-order valence-corrected chi connectivity index (χ3v) is 4.78. The Morgan fingerprint density at radius 2 is 1.79 bits per heavy atom. The van der Waals surface area contributed by atoms with Crippen LogP contribution in [0.3, 0.4) is 0 Å². The fraction of sp³-hybridized carbons (Fsp3) is 0.222. The molecule has 24 heavy (non-hydrogen) atoms. The molecule has 2 aromatic rings. The van der Waals surface area contributed by atoms with Crippen LogP contribution in [-0.4, -0.2) is 36.6 Å². The van der Waals surface area contributed by atoms with E-state index in [2.05, 4.69) is 21.2 Å². The predicted octanol–water partition coefficient (Wildman–Crippen LogP) is 3.81. The van der Waals surface area contributed by atoms with Crippen LogP contribution in [0.5, 0.6) is 0 Å². The fourth-order valence-electron chi connectivity index (χ4n) is 2.15. The van der Waals surface area contributed by atoms with E-state index in [1.54, 1.807) is 18.8 Å². The van der Waals surface area contributed by atoms with Crippen LogP contribution in [0.15, 0.2) is 57.9 Å². The molecule has 0 spiro atoms. The van der Waals surface area contributed by atoms with E-state index in [4.69, 9.17) is 0 Å². The first kappa shape index (κ1) is 18.5. The summed E-state index contributed by atoms with van der Waals surface area (Å²) in [5.41, 5.74) is 1.69. The molecule has 6 heteroatoms. The molecule has 0 fully saturated rings. The van der Waals surface area contributed by atoms with E-state index in [-0.39, 0.29) is 24.8 Å². The van der Waals surface area contributed by atoms with Crippen molar-refractivity contribution >= 4 is 45.2 Å². The number of hydrogen-bond donors (Lipinski definition) is 1. The Bertz CT molecular complexity index is 719. The molecule has 4 nitrogen and oxygen atoms in total. The number of para-hydroxylation sites is 1. The van der Waals surface area contributed by atoms with Gasteiger partial charge in [-0.05, 0) is 36.1 Å². The Balaban J connectivity index is 1.90. The highest BCUT2D eigenvalue weighted by atomic mass is 79.9. The van der Waals surface area contributed by atoms with Crippen molar-refractivity contribution in [1.82, 2.24) is 4.90 Å². The zero-order valence-electron chi connectivity index (χ0n) is 13.6. The van der Waals surface area contributed by atoms with Gasteiger partial charge in [0.05, 0.1) is 18.7 Å². The maximum atomic E-state index is 12.2. The SMILES string of the molecule is CSc1ccccc1NC(=O)CN(C)C(=O)Cc1ccc(Br)cc1. The van der Waals surface area contributed by atoms with Crippen molar-refractivity contribution in [3.8, 4) is 0 Å². The topological polar surface area (TPSA) is 49.4 Å². The first-order valence-electron chi connectivity index (χ1n) is 7.41. The minimum Gasteiger partial charge on any atom is -0.336 e. The van der Waals surface area contributed by atoms with Crippen molar-refractivity contribution < 1.29 is 9.59 Å². The molecule has 2 rings (SSSR count). The number of thioether (sulfide) groups is 1. The zero-order chi connectivity index (χ0) is 17.5. The number of carbonyl (C=O) groups is 2. The van der Waals surface area contributed by atoms with Crippen molar-refractivity contribution in [2.24, 2.45) is 0 Å². The lowest BCUT2D eigenvalue weighted by molar-refractivity contribution is -0.132. The normalized spacial score (nSPS) is 10.3. The zero-order valence-corrected chi connectivity index (χ0v) is 16.0. The van der Waals surface area contributed by atoms with E-state index < -0.39 is 0 Å². The summed E-state index contributed by atoms with van der Waals surface area (Å²) in [6, 6.07) is 15.2. The van der Waals surface area contributed by atoms with Gasteiger partial charge in [0.25, 0.3) is 0 Å². The van der Waals surface area contributed by atoms with Gasteiger partial charge >= 0.3 is 0 Å². The fourth-order valence-corrected chi connectivity index (χ4v) is 2.97. The molecule has 1 N–H and O–H groups in total. The van der Waals surface area contributed by atoms with Gasteiger partial charge in [-0.15, -0.1) is 11.8 Å². The maximum Gasteiger partial charge on any atom is 0.244 e. The molecule has 0 heterocycles. The summed E-state index contributed by atoms with van der Waals surface area (Å²) in [7, 11) is 1.64. The summed E-state index contributed by atoms with van der Waals surface area (Å²) in [6.07, 6.45) is 2.23. The number of likely N-dealkylation sites (N-methyl/N-ethyl adjacent to an activating group) is 1. The molecule has 0 bridgehead atoms. The largest absolute Gasteiger partial charge is 0.336 e. The summed E-state index contributed by atoms with van der Waals surface area (Å²) in [6.45, 7) is 0.0259. The van der Waals surface area contributed by atoms with Gasteiger partial charge in [0, 0.05) is 16.4 Å². The van der Waals surface area contributed by atoms with Gasteiger partial charge in [-0.2, -0.15) is 0 Å².